The Bertz CT molecular complexity index is 956. The van der Waals surface area contributed by atoms with E-state index < -0.39 is 6.10 Å². The summed E-state index contributed by atoms with van der Waals surface area (Å²) in [5.74, 6) is 0.206. The van der Waals surface area contributed by atoms with Crippen LogP contribution in [-0.4, -0.2) is 38.6 Å². The molecule has 1 aliphatic heterocycles. The standard InChI is InChI=1S/C22H25N3O2/c1-15-6-5-7-17-14-19(24(2)20(15)17)22(27)25-12-9-16(10-13-25)21(26)18-8-3-4-11-23-18/h3-8,11,14,16,21,26H,9-10,12-13H2,1-2H3. The number of likely N-dealkylation sites (tertiary alicyclic amines) is 1. The van der Waals surface area contributed by atoms with Gasteiger partial charge in [0.25, 0.3) is 5.91 Å². The number of hydrogen-bond donors (Lipinski definition) is 1. The van der Waals surface area contributed by atoms with E-state index in [2.05, 4.69) is 24.0 Å². The van der Waals surface area contributed by atoms with Crippen molar-refractivity contribution in [3.8, 4) is 0 Å². The number of carbonyl (C=O) groups excluding carboxylic acids is 1. The van der Waals surface area contributed by atoms with Crippen LogP contribution in [0.3, 0.4) is 0 Å². The third-order valence-electron chi connectivity index (χ3n) is 5.74. The summed E-state index contributed by atoms with van der Waals surface area (Å²) >= 11 is 0. The number of carbonyl (C=O) groups is 1. The van der Waals surface area contributed by atoms with Crippen molar-refractivity contribution < 1.29 is 9.90 Å². The first-order chi connectivity index (χ1) is 13.1. The van der Waals surface area contributed by atoms with Crippen LogP contribution in [-0.2, 0) is 7.05 Å². The lowest BCUT2D eigenvalue weighted by Crippen LogP contribution is -2.40. The molecule has 1 atom stereocenters. The van der Waals surface area contributed by atoms with E-state index in [0.717, 1.165) is 29.4 Å². The summed E-state index contributed by atoms with van der Waals surface area (Å²) in [6.07, 6.45) is 2.71. The molecule has 1 N–H and O–H groups in total. The average molecular weight is 363 g/mol. The second-order valence-electron chi connectivity index (χ2n) is 7.43. The molecule has 0 aliphatic carbocycles. The van der Waals surface area contributed by atoms with E-state index >= 15 is 0 Å². The number of aryl methyl sites for hydroxylation is 2. The number of hydrogen-bond acceptors (Lipinski definition) is 3. The van der Waals surface area contributed by atoms with Crippen LogP contribution in [0.5, 0.6) is 0 Å². The first kappa shape index (κ1) is 17.7. The number of amides is 1. The van der Waals surface area contributed by atoms with Gasteiger partial charge in [-0.25, -0.2) is 0 Å². The Morgan fingerprint density at radius 3 is 2.63 bits per heavy atom. The van der Waals surface area contributed by atoms with E-state index in [4.69, 9.17) is 0 Å². The van der Waals surface area contributed by atoms with Crippen LogP contribution >= 0.6 is 0 Å². The van der Waals surface area contributed by atoms with Crippen LogP contribution in [0.25, 0.3) is 10.9 Å². The van der Waals surface area contributed by atoms with Gasteiger partial charge in [-0.05, 0) is 49.4 Å². The minimum atomic E-state index is -0.566. The topological polar surface area (TPSA) is 58.4 Å². The zero-order chi connectivity index (χ0) is 19.0. The molecular formula is C22H25N3O2. The van der Waals surface area contributed by atoms with Crippen molar-refractivity contribution in [3.63, 3.8) is 0 Å². The van der Waals surface area contributed by atoms with Crippen molar-refractivity contribution in [1.29, 1.82) is 0 Å². The Balaban J connectivity index is 1.48. The lowest BCUT2D eigenvalue weighted by molar-refractivity contribution is 0.0442. The van der Waals surface area contributed by atoms with E-state index in [1.807, 2.05) is 46.8 Å². The SMILES string of the molecule is Cc1cccc2cc(C(=O)N3CCC(C(O)c4ccccn4)CC3)n(C)c12. The highest BCUT2D eigenvalue weighted by Gasteiger charge is 2.30. The highest BCUT2D eigenvalue weighted by Crippen LogP contribution is 2.31. The molecule has 0 radical (unpaired) electrons. The van der Waals surface area contributed by atoms with Crippen LogP contribution in [0.15, 0.2) is 48.7 Å². The summed E-state index contributed by atoms with van der Waals surface area (Å²) in [4.78, 5) is 19.3. The van der Waals surface area contributed by atoms with Gasteiger partial charge in [0.1, 0.15) is 5.69 Å². The summed E-state index contributed by atoms with van der Waals surface area (Å²) < 4.78 is 2.00. The van der Waals surface area contributed by atoms with Gasteiger partial charge in [0.05, 0.1) is 17.3 Å². The van der Waals surface area contributed by atoms with Crippen LogP contribution in [0.2, 0.25) is 0 Å². The Morgan fingerprint density at radius 2 is 1.96 bits per heavy atom. The second-order valence-corrected chi connectivity index (χ2v) is 7.43. The molecule has 0 saturated carbocycles. The van der Waals surface area contributed by atoms with Crippen molar-refractivity contribution in [1.82, 2.24) is 14.5 Å². The van der Waals surface area contributed by atoms with Crippen molar-refractivity contribution in [2.24, 2.45) is 13.0 Å². The van der Waals surface area contributed by atoms with Crippen LogP contribution in [0, 0.1) is 12.8 Å². The van der Waals surface area contributed by atoms with E-state index in [9.17, 15) is 9.90 Å². The van der Waals surface area contributed by atoms with Crippen molar-refractivity contribution in [2.45, 2.75) is 25.9 Å². The Morgan fingerprint density at radius 1 is 1.19 bits per heavy atom. The highest BCUT2D eigenvalue weighted by atomic mass is 16.3. The third-order valence-corrected chi connectivity index (χ3v) is 5.74. The number of aliphatic hydroxyl groups excluding tert-OH is 1. The Labute approximate surface area is 159 Å². The molecule has 2 aromatic heterocycles. The van der Waals surface area contributed by atoms with Gasteiger partial charge in [-0.3, -0.25) is 9.78 Å². The lowest BCUT2D eigenvalue weighted by atomic mass is 9.89. The van der Waals surface area contributed by atoms with E-state index in [0.29, 0.717) is 18.8 Å². The van der Waals surface area contributed by atoms with Crippen molar-refractivity contribution in [2.75, 3.05) is 13.1 Å². The Kier molecular flexibility index (Phi) is 4.70. The molecule has 3 heterocycles. The molecule has 3 aromatic rings. The predicted octanol–water partition coefficient (Wildman–Crippen LogP) is 3.47. The first-order valence-corrected chi connectivity index (χ1v) is 9.49. The summed E-state index contributed by atoms with van der Waals surface area (Å²) in [7, 11) is 1.96. The van der Waals surface area contributed by atoms with Crippen molar-refractivity contribution >= 4 is 16.8 Å². The number of fused-ring (bicyclic) bond motifs is 1. The monoisotopic (exact) mass is 363 g/mol. The fourth-order valence-electron chi connectivity index (χ4n) is 4.20. The molecule has 27 heavy (non-hydrogen) atoms. The second kappa shape index (κ2) is 7.16. The number of aliphatic hydroxyl groups is 1. The van der Waals surface area contributed by atoms with Gasteiger partial charge >= 0.3 is 0 Å². The maximum atomic E-state index is 13.1. The number of para-hydroxylation sites is 1. The third kappa shape index (κ3) is 3.23. The number of pyridine rings is 1. The normalized spacial score (nSPS) is 16.6. The minimum absolute atomic E-state index is 0.0684. The molecular weight excluding hydrogens is 338 g/mol. The number of nitrogens with zero attached hydrogens (tertiary/aromatic N) is 3. The summed E-state index contributed by atoms with van der Waals surface area (Å²) in [5.41, 5.74) is 3.72. The zero-order valence-corrected chi connectivity index (χ0v) is 15.8. The number of rotatable bonds is 3. The average Bonchev–Trinajstić information content (AvgIpc) is 3.05. The molecule has 1 aliphatic rings. The van der Waals surface area contributed by atoms with Crippen LogP contribution in [0.1, 0.15) is 40.7 Å². The summed E-state index contributed by atoms with van der Waals surface area (Å²) in [6.45, 7) is 3.39. The fraction of sp³-hybridized carbons (Fsp3) is 0.364. The van der Waals surface area contributed by atoms with Gasteiger partial charge in [-0.15, -0.1) is 0 Å². The fourth-order valence-corrected chi connectivity index (χ4v) is 4.20. The quantitative estimate of drug-likeness (QED) is 0.775. The molecule has 4 rings (SSSR count). The number of aromatic nitrogens is 2. The summed E-state index contributed by atoms with van der Waals surface area (Å²) in [6, 6.07) is 13.7. The van der Waals surface area contributed by atoms with Gasteiger partial charge in [0.15, 0.2) is 0 Å². The van der Waals surface area contributed by atoms with E-state index in [1.165, 1.54) is 5.56 Å². The largest absolute Gasteiger partial charge is 0.387 e. The maximum absolute atomic E-state index is 13.1. The maximum Gasteiger partial charge on any atom is 0.270 e. The minimum Gasteiger partial charge on any atom is -0.387 e. The molecule has 1 fully saturated rings. The van der Waals surface area contributed by atoms with E-state index in [1.54, 1.807) is 6.20 Å². The Hall–Kier alpha value is -2.66. The molecule has 0 spiro atoms. The first-order valence-electron chi connectivity index (χ1n) is 9.49. The van der Waals surface area contributed by atoms with Crippen molar-refractivity contribution in [3.05, 3.63) is 65.6 Å². The van der Waals surface area contributed by atoms with Gasteiger partial charge in [-0.2, -0.15) is 0 Å². The molecule has 1 amide bonds. The highest BCUT2D eigenvalue weighted by molar-refractivity contribution is 5.99. The lowest BCUT2D eigenvalue weighted by Gasteiger charge is -2.34. The van der Waals surface area contributed by atoms with Gasteiger partial charge in [0, 0.05) is 31.7 Å². The predicted molar refractivity (Wildman–Crippen MR) is 105 cm³/mol. The molecule has 1 aromatic carbocycles. The van der Waals surface area contributed by atoms with Gasteiger partial charge in [0.2, 0.25) is 0 Å². The van der Waals surface area contributed by atoms with Gasteiger partial charge in [-0.1, -0.05) is 24.3 Å². The molecule has 5 nitrogen and oxygen atoms in total. The molecule has 1 unspecified atom stereocenters. The zero-order valence-electron chi connectivity index (χ0n) is 15.8. The smallest absolute Gasteiger partial charge is 0.270 e. The molecule has 5 heteroatoms. The number of piperidine rings is 1. The van der Waals surface area contributed by atoms with Crippen LogP contribution in [0.4, 0.5) is 0 Å². The summed E-state index contributed by atoms with van der Waals surface area (Å²) in [5, 5.41) is 11.7. The molecule has 140 valence electrons. The molecule has 1 saturated heterocycles. The van der Waals surface area contributed by atoms with Crippen LogP contribution < -0.4 is 0 Å². The van der Waals surface area contributed by atoms with Gasteiger partial charge < -0.3 is 14.6 Å². The van der Waals surface area contributed by atoms with E-state index in [-0.39, 0.29) is 11.8 Å². The molecule has 0 bridgehead atoms. The number of benzene rings is 1.